The Kier molecular flexibility index (Phi) is 4.66. The second-order valence-electron chi connectivity index (χ2n) is 3.60. The van der Waals surface area contributed by atoms with Crippen LogP contribution in [0, 0.1) is 17.0 Å². The van der Waals surface area contributed by atoms with E-state index in [1.807, 2.05) is 25.3 Å². The molecular weight excluding hydrogens is 204 g/mol. The standard InChI is InChI=1S/C12H16N2O2/c1-10-6-7-11(5-3-4-8-13-2)9-12(10)14(15)16/h3,5-7,9,13H,4,8H2,1-2H3. The van der Waals surface area contributed by atoms with Gasteiger partial charge in [0, 0.05) is 11.6 Å². The van der Waals surface area contributed by atoms with Crippen LogP contribution >= 0.6 is 0 Å². The Bertz CT molecular complexity index is 400. The Morgan fingerprint density at radius 3 is 2.88 bits per heavy atom. The van der Waals surface area contributed by atoms with Crippen LogP contribution in [0.25, 0.3) is 6.08 Å². The molecule has 0 saturated heterocycles. The molecule has 0 heterocycles. The minimum Gasteiger partial charge on any atom is -0.319 e. The van der Waals surface area contributed by atoms with Crippen LogP contribution in [0.5, 0.6) is 0 Å². The third kappa shape index (κ3) is 3.47. The number of nitrogens with zero attached hydrogens (tertiary/aromatic N) is 1. The molecule has 0 aliphatic rings. The summed E-state index contributed by atoms with van der Waals surface area (Å²) in [6, 6.07) is 5.26. The predicted molar refractivity (Wildman–Crippen MR) is 65.4 cm³/mol. The lowest BCUT2D eigenvalue weighted by molar-refractivity contribution is -0.385. The number of aryl methyl sites for hydroxylation is 1. The molecule has 0 spiro atoms. The first kappa shape index (κ1) is 12.4. The smallest absolute Gasteiger partial charge is 0.272 e. The molecule has 1 rings (SSSR count). The first-order chi connectivity index (χ1) is 7.65. The number of hydrogen-bond donors (Lipinski definition) is 1. The summed E-state index contributed by atoms with van der Waals surface area (Å²) in [5.74, 6) is 0. The molecule has 0 bridgehead atoms. The van der Waals surface area contributed by atoms with Crippen LogP contribution in [0.4, 0.5) is 5.69 Å². The summed E-state index contributed by atoms with van der Waals surface area (Å²) >= 11 is 0. The molecule has 0 aliphatic heterocycles. The highest BCUT2D eigenvalue weighted by atomic mass is 16.6. The van der Waals surface area contributed by atoms with Crippen LogP contribution in [0.15, 0.2) is 24.3 Å². The van der Waals surface area contributed by atoms with Crippen LogP contribution in [-0.4, -0.2) is 18.5 Å². The molecular formula is C12H16N2O2. The highest BCUT2D eigenvalue weighted by Gasteiger charge is 2.09. The van der Waals surface area contributed by atoms with Gasteiger partial charge in [0.15, 0.2) is 0 Å². The van der Waals surface area contributed by atoms with E-state index in [2.05, 4.69) is 5.32 Å². The van der Waals surface area contributed by atoms with Gasteiger partial charge in [-0.05, 0) is 32.5 Å². The zero-order valence-corrected chi connectivity index (χ0v) is 9.56. The van der Waals surface area contributed by atoms with Gasteiger partial charge in [-0.15, -0.1) is 0 Å². The molecule has 0 saturated carbocycles. The zero-order valence-electron chi connectivity index (χ0n) is 9.56. The number of hydrogen-bond acceptors (Lipinski definition) is 3. The highest BCUT2D eigenvalue weighted by molar-refractivity contribution is 5.55. The summed E-state index contributed by atoms with van der Waals surface area (Å²) in [6.07, 6.45) is 4.83. The minimum absolute atomic E-state index is 0.177. The fourth-order valence-electron chi connectivity index (χ4n) is 1.37. The first-order valence-corrected chi connectivity index (χ1v) is 5.21. The Labute approximate surface area is 95.1 Å². The van der Waals surface area contributed by atoms with E-state index < -0.39 is 0 Å². The second kappa shape index (κ2) is 6.02. The summed E-state index contributed by atoms with van der Waals surface area (Å²) < 4.78 is 0. The van der Waals surface area contributed by atoms with Crippen molar-refractivity contribution in [2.75, 3.05) is 13.6 Å². The van der Waals surface area contributed by atoms with Crippen molar-refractivity contribution in [3.8, 4) is 0 Å². The maximum atomic E-state index is 10.7. The van der Waals surface area contributed by atoms with E-state index in [-0.39, 0.29) is 10.6 Å². The molecule has 0 aromatic heterocycles. The summed E-state index contributed by atoms with van der Waals surface area (Å²) in [5, 5.41) is 13.8. The van der Waals surface area contributed by atoms with Gasteiger partial charge in [0.05, 0.1) is 4.92 Å². The van der Waals surface area contributed by atoms with Crippen molar-refractivity contribution in [1.82, 2.24) is 5.32 Å². The highest BCUT2D eigenvalue weighted by Crippen LogP contribution is 2.19. The normalized spacial score (nSPS) is 10.9. The number of nitro benzene ring substituents is 1. The largest absolute Gasteiger partial charge is 0.319 e. The van der Waals surface area contributed by atoms with Crippen molar-refractivity contribution in [1.29, 1.82) is 0 Å². The molecule has 0 atom stereocenters. The molecule has 4 nitrogen and oxygen atoms in total. The molecule has 0 radical (unpaired) electrons. The predicted octanol–water partition coefficient (Wildman–Crippen LogP) is 2.53. The zero-order chi connectivity index (χ0) is 12.0. The van der Waals surface area contributed by atoms with Crippen molar-refractivity contribution >= 4 is 11.8 Å². The van der Waals surface area contributed by atoms with Gasteiger partial charge in [0.25, 0.3) is 5.69 Å². The molecule has 0 amide bonds. The van der Waals surface area contributed by atoms with Gasteiger partial charge < -0.3 is 5.32 Å². The fourth-order valence-corrected chi connectivity index (χ4v) is 1.37. The van der Waals surface area contributed by atoms with Gasteiger partial charge in [0.1, 0.15) is 0 Å². The average Bonchev–Trinajstić information content (AvgIpc) is 2.26. The molecule has 0 fully saturated rings. The van der Waals surface area contributed by atoms with E-state index in [9.17, 15) is 10.1 Å². The van der Waals surface area contributed by atoms with Crippen LogP contribution in [0.1, 0.15) is 17.5 Å². The van der Waals surface area contributed by atoms with Gasteiger partial charge in [-0.2, -0.15) is 0 Å². The van der Waals surface area contributed by atoms with Crippen LogP contribution in [-0.2, 0) is 0 Å². The molecule has 86 valence electrons. The molecule has 1 aromatic rings. The SMILES string of the molecule is CNCCC=Cc1ccc(C)c([N+](=O)[O-])c1. The van der Waals surface area contributed by atoms with E-state index in [1.165, 1.54) is 0 Å². The molecule has 4 heteroatoms. The summed E-state index contributed by atoms with van der Waals surface area (Å²) in [7, 11) is 1.89. The van der Waals surface area contributed by atoms with E-state index in [1.54, 1.807) is 19.1 Å². The molecule has 1 N–H and O–H groups in total. The Hall–Kier alpha value is -1.68. The lowest BCUT2D eigenvalue weighted by Gasteiger charge is -1.98. The van der Waals surface area contributed by atoms with Gasteiger partial charge in [-0.3, -0.25) is 10.1 Å². The van der Waals surface area contributed by atoms with Crippen molar-refractivity contribution in [3.63, 3.8) is 0 Å². The second-order valence-corrected chi connectivity index (χ2v) is 3.60. The van der Waals surface area contributed by atoms with Gasteiger partial charge in [-0.1, -0.05) is 24.3 Å². The third-order valence-corrected chi connectivity index (χ3v) is 2.30. The Balaban J connectivity index is 2.78. The van der Waals surface area contributed by atoms with Crippen LogP contribution < -0.4 is 5.32 Å². The van der Waals surface area contributed by atoms with E-state index in [4.69, 9.17) is 0 Å². The van der Waals surface area contributed by atoms with Crippen molar-refractivity contribution in [2.24, 2.45) is 0 Å². The number of rotatable bonds is 5. The Morgan fingerprint density at radius 2 is 2.25 bits per heavy atom. The molecule has 0 aliphatic carbocycles. The van der Waals surface area contributed by atoms with Crippen LogP contribution in [0.3, 0.4) is 0 Å². The van der Waals surface area contributed by atoms with Gasteiger partial charge >= 0.3 is 0 Å². The summed E-state index contributed by atoms with van der Waals surface area (Å²) in [4.78, 5) is 10.4. The summed E-state index contributed by atoms with van der Waals surface area (Å²) in [6.45, 7) is 2.65. The van der Waals surface area contributed by atoms with Crippen molar-refractivity contribution < 1.29 is 4.92 Å². The van der Waals surface area contributed by atoms with Crippen LogP contribution in [0.2, 0.25) is 0 Å². The lowest BCUT2D eigenvalue weighted by Crippen LogP contribution is -2.05. The quantitative estimate of drug-likeness (QED) is 0.471. The van der Waals surface area contributed by atoms with Crippen molar-refractivity contribution in [2.45, 2.75) is 13.3 Å². The Morgan fingerprint density at radius 1 is 1.50 bits per heavy atom. The number of nitrogens with one attached hydrogen (secondary N) is 1. The number of benzene rings is 1. The summed E-state index contributed by atoms with van der Waals surface area (Å²) in [5.41, 5.74) is 1.74. The number of nitro groups is 1. The monoisotopic (exact) mass is 220 g/mol. The maximum absolute atomic E-state index is 10.7. The van der Waals surface area contributed by atoms with Crippen molar-refractivity contribution in [3.05, 3.63) is 45.5 Å². The van der Waals surface area contributed by atoms with E-state index >= 15 is 0 Å². The maximum Gasteiger partial charge on any atom is 0.272 e. The molecule has 0 unspecified atom stereocenters. The van der Waals surface area contributed by atoms with E-state index in [0.717, 1.165) is 18.5 Å². The molecule has 16 heavy (non-hydrogen) atoms. The van der Waals surface area contributed by atoms with E-state index in [0.29, 0.717) is 5.56 Å². The fraction of sp³-hybridized carbons (Fsp3) is 0.333. The minimum atomic E-state index is -0.347. The molecule has 1 aromatic carbocycles. The first-order valence-electron chi connectivity index (χ1n) is 5.21. The van der Waals surface area contributed by atoms with Gasteiger partial charge in [-0.25, -0.2) is 0 Å². The lowest BCUT2D eigenvalue weighted by atomic mass is 10.1. The van der Waals surface area contributed by atoms with Gasteiger partial charge in [0.2, 0.25) is 0 Å². The average molecular weight is 220 g/mol. The third-order valence-electron chi connectivity index (χ3n) is 2.30. The topological polar surface area (TPSA) is 55.2 Å².